The largest absolute Gasteiger partial charge is 0.487 e. The molecule has 0 unspecified atom stereocenters. The van der Waals surface area contributed by atoms with E-state index in [0.717, 1.165) is 5.56 Å². The van der Waals surface area contributed by atoms with E-state index < -0.39 is 11.8 Å². The highest BCUT2D eigenvalue weighted by molar-refractivity contribution is 6.30. The average Bonchev–Trinajstić information content (AvgIpc) is 2.62. The molecular formula is C19H15ClFN3O2. The van der Waals surface area contributed by atoms with Crippen molar-refractivity contribution in [1.82, 2.24) is 4.98 Å². The van der Waals surface area contributed by atoms with Gasteiger partial charge < -0.3 is 15.8 Å². The zero-order chi connectivity index (χ0) is 18.5. The van der Waals surface area contributed by atoms with E-state index in [1.807, 2.05) is 12.1 Å². The average molecular weight is 372 g/mol. The van der Waals surface area contributed by atoms with Gasteiger partial charge >= 0.3 is 6.03 Å². The van der Waals surface area contributed by atoms with Gasteiger partial charge in [0.2, 0.25) is 0 Å². The van der Waals surface area contributed by atoms with Crippen molar-refractivity contribution < 1.29 is 13.9 Å². The van der Waals surface area contributed by atoms with Crippen LogP contribution in [0.2, 0.25) is 5.02 Å². The molecule has 0 aliphatic rings. The Kier molecular flexibility index (Phi) is 5.34. The number of carbonyl (C=O) groups excluding carboxylic acids is 1. The molecule has 3 rings (SSSR count). The second-order valence-electron chi connectivity index (χ2n) is 5.43. The molecule has 2 amide bonds. The van der Waals surface area contributed by atoms with Crippen LogP contribution < -0.4 is 15.8 Å². The normalized spacial score (nSPS) is 10.4. The summed E-state index contributed by atoms with van der Waals surface area (Å²) in [6.07, 6.45) is 1.54. The Balaban J connectivity index is 1.91. The number of pyridine rings is 1. The molecule has 1 heterocycles. The van der Waals surface area contributed by atoms with Gasteiger partial charge in [-0.3, -0.25) is 4.98 Å². The maximum Gasteiger partial charge on any atom is 0.316 e. The van der Waals surface area contributed by atoms with Crippen molar-refractivity contribution in [3.8, 4) is 17.0 Å². The minimum Gasteiger partial charge on any atom is -0.487 e. The molecule has 0 fully saturated rings. The predicted molar refractivity (Wildman–Crippen MR) is 98.6 cm³/mol. The highest BCUT2D eigenvalue weighted by Crippen LogP contribution is 2.33. The number of hydrogen-bond acceptors (Lipinski definition) is 3. The molecule has 0 aliphatic heterocycles. The molecule has 132 valence electrons. The van der Waals surface area contributed by atoms with Crippen molar-refractivity contribution in [2.24, 2.45) is 5.73 Å². The lowest BCUT2D eigenvalue weighted by Crippen LogP contribution is -2.20. The van der Waals surface area contributed by atoms with Gasteiger partial charge in [0.05, 0.1) is 5.69 Å². The van der Waals surface area contributed by atoms with E-state index in [-0.39, 0.29) is 17.9 Å². The molecule has 3 N–H and O–H groups in total. The fourth-order valence-corrected chi connectivity index (χ4v) is 2.65. The molecular weight excluding hydrogens is 357 g/mol. The maximum atomic E-state index is 14.7. The summed E-state index contributed by atoms with van der Waals surface area (Å²) in [5.74, 6) is -0.236. The number of rotatable bonds is 5. The van der Waals surface area contributed by atoms with Crippen molar-refractivity contribution in [2.75, 3.05) is 5.32 Å². The number of amides is 2. The molecule has 0 aliphatic carbocycles. The highest BCUT2D eigenvalue weighted by atomic mass is 35.5. The Bertz CT molecular complexity index is 950. The molecule has 0 bridgehead atoms. The van der Waals surface area contributed by atoms with E-state index in [2.05, 4.69) is 10.3 Å². The topological polar surface area (TPSA) is 77.2 Å². The van der Waals surface area contributed by atoms with E-state index in [9.17, 15) is 9.18 Å². The van der Waals surface area contributed by atoms with Crippen LogP contribution in [0.5, 0.6) is 5.75 Å². The van der Waals surface area contributed by atoms with Crippen molar-refractivity contribution in [1.29, 1.82) is 0 Å². The van der Waals surface area contributed by atoms with E-state index in [1.165, 1.54) is 12.3 Å². The third-order valence-electron chi connectivity index (χ3n) is 3.57. The van der Waals surface area contributed by atoms with E-state index >= 15 is 0 Å². The van der Waals surface area contributed by atoms with Crippen LogP contribution in [0.4, 0.5) is 14.9 Å². The first-order chi connectivity index (χ1) is 12.5. The molecule has 0 saturated heterocycles. The number of urea groups is 1. The van der Waals surface area contributed by atoms with Gasteiger partial charge in [0.25, 0.3) is 0 Å². The Morgan fingerprint density at radius 3 is 2.77 bits per heavy atom. The van der Waals surface area contributed by atoms with Crippen molar-refractivity contribution in [3.05, 3.63) is 77.2 Å². The van der Waals surface area contributed by atoms with Crippen LogP contribution >= 0.6 is 11.6 Å². The highest BCUT2D eigenvalue weighted by Gasteiger charge is 2.16. The van der Waals surface area contributed by atoms with Gasteiger partial charge in [-0.05, 0) is 42.0 Å². The third kappa shape index (κ3) is 4.10. The lowest BCUT2D eigenvalue weighted by molar-refractivity contribution is 0.259. The lowest BCUT2D eigenvalue weighted by Gasteiger charge is -2.13. The van der Waals surface area contributed by atoms with Gasteiger partial charge in [0.1, 0.15) is 18.1 Å². The Hall–Kier alpha value is -3.12. The molecule has 3 aromatic rings. The summed E-state index contributed by atoms with van der Waals surface area (Å²) in [6.45, 7) is 0.250. The number of ether oxygens (including phenoxy) is 1. The zero-order valence-electron chi connectivity index (χ0n) is 13.6. The Labute approximate surface area is 154 Å². The van der Waals surface area contributed by atoms with Gasteiger partial charge in [-0.25, -0.2) is 9.18 Å². The lowest BCUT2D eigenvalue weighted by atomic mass is 10.1. The number of anilines is 1. The van der Waals surface area contributed by atoms with Crippen LogP contribution in [0, 0.1) is 5.82 Å². The van der Waals surface area contributed by atoms with Crippen LogP contribution in [-0.4, -0.2) is 11.0 Å². The number of primary amides is 1. The van der Waals surface area contributed by atoms with Gasteiger partial charge in [0.15, 0.2) is 5.82 Å². The SMILES string of the molecule is NC(=O)Nc1cccc(-c2ncccc2OCc2cccc(Cl)c2)c1F. The first-order valence-corrected chi connectivity index (χ1v) is 8.10. The second kappa shape index (κ2) is 7.84. The number of carbonyl (C=O) groups is 1. The molecule has 5 nitrogen and oxygen atoms in total. The van der Waals surface area contributed by atoms with Crippen LogP contribution in [0.25, 0.3) is 11.3 Å². The molecule has 0 spiro atoms. The summed E-state index contributed by atoms with van der Waals surface area (Å²) in [7, 11) is 0. The summed E-state index contributed by atoms with van der Waals surface area (Å²) in [5.41, 5.74) is 6.43. The van der Waals surface area contributed by atoms with Crippen LogP contribution in [0.15, 0.2) is 60.8 Å². The summed E-state index contributed by atoms with van der Waals surface area (Å²) >= 11 is 5.97. The number of aromatic nitrogens is 1. The van der Waals surface area contributed by atoms with Crippen LogP contribution in [-0.2, 0) is 6.61 Å². The van der Waals surface area contributed by atoms with Crippen molar-refractivity contribution >= 4 is 23.3 Å². The molecule has 1 aromatic heterocycles. The molecule has 2 aromatic carbocycles. The number of halogens is 2. The van der Waals surface area contributed by atoms with Gasteiger partial charge in [-0.1, -0.05) is 29.8 Å². The molecule has 0 atom stereocenters. The monoisotopic (exact) mass is 371 g/mol. The molecule has 0 radical (unpaired) electrons. The summed E-state index contributed by atoms with van der Waals surface area (Å²) in [6, 6.07) is 14.4. The first-order valence-electron chi connectivity index (χ1n) is 7.72. The fraction of sp³-hybridized carbons (Fsp3) is 0.0526. The number of nitrogens with one attached hydrogen (secondary N) is 1. The molecule has 0 saturated carbocycles. The summed E-state index contributed by atoms with van der Waals surface area (Å²) in [5, 5.41) is 2.85. The van der Waals surface area contributed by atoms with Crippen LogP contribution in [0.1, 0.15) is 5.56 Å². The quantitative estimate of drug-likeness (QED) is 0.687. The Morgan fingerprint density at radius 1 is 1.19 bits per heavy atom. The van der Waals surface area contributed by atoms with Gasteiger partial charge in [-0.15, -0.1) is 0 Å². The summed E-state index contributed by atoms with van der Waals surface area (Å²) < 4.78 is 20.5. The van der Waals surface area contributed by atoms with E-state index in [1.54, 1.807) is 36.4 Å². The second-order valence-corrected chi connectivity index (χ2v) is 5.86. The number of nitrogens with two attached hydrogens (primary N) is 1. The van der Waals surface area contributed by atoms with Gasteiger partial charge in [0, 0.05) is 16.8 Å². The predicted octanol–water partition coefficient (Wildman–Crippen LogP) is 4.61. The fourth-order valence-electron chi connectivity index (χ4n) is 2.44. The minimum absolute atomic E-state index is 0.0264. The standard InChI is InChI=1S/C19H15ClFN3O2/c20-13-5-1-4-12(10-13)11-26-16-8-3-9-23-18(16)14-6-2-7-15(17(14)21)24-19(22)25/h1-10H,11H2,(H3,22,24,25). The smallest absolute Gasteiger partial charge is 0.316 e. The van der Waals surface area contributed by atoms with Crippen molar-refractivity contribution in [3.63, 3.8) is 0 Å². The third-order valence-corrected chi connectivity index (χ3v) is 3.80. The number of benzene rings is 2. The summed E-state index contributed by atoms with van der Waals surface area (Å²) in [4.78, 5) is 15.2. The number of hydrogen-bond donors (Lipinski definition) is 2. The van der Waals surface area contributed by atoms with E-state index in [4.69, 9.17) is 22.1 Å². The van der Waals surface area contributed by atoms with Gasteiger partial charge in [-0.2, -0.15) is 0 Å². The zero-order valence-corrected chi connectivity index (χ0v) is 14.3. The molecule has 26 heavy (non-hydrogen) atoms. The van der Waals surface area contributed by atoms with Crippen LogP contribution in [0.3, 0.4) is 0 Å². The first kappa shape index (κ1) is 17.7. The maximum absolute atomic E-state index is 14.7. The van der Waals surface area contributed by atoms with Crippen molar-refractivity contribution in [2.45, 2.75) is 6.61 Å². The minimum atomic E-state index is -0.848. The number of nitrogens with zero attached hydrogens (tertiary/aromatic N) is 1. The van der Waals surface area contributed by atoms with E-state index in [0.29, 0.717) is 16.5 Å². The molecule has 7 heteroatoms. The Morgan fingerprint density at radius 2 is 2.00 bits per heavy atom.